The first kappa shape index (κ1) is 11.1. The van der Waals surface area contributed by atoms with E-state index in [2.05, 4.69) is 25.3 Å². The maximum absolute atomic E-state index is 2.20. The molecule has 0 aliphatic carbocycles. The minimum Gasteiger partial charge on any atom is -0.134 e. The van der Waals surface area contributed by atoms with Gasteiger partial charge in [-0.05, 0) is 24.8 Å². The normalized spacial score (nSPS) is 8.73. The molecule has 1 aromatic heterocycles. The van der Waals surface area contributed by atoms with Gasteiger partial charge in [-0.3, -0.25) is 0 Å². The van der Waals surface area contributed by atoms with E-state index in [0.29, 0.717) is 0 Å². The van der Waals surface area contributed by atoms with Crippen LogP contribution in [0.3, 0.4) is 0 Å². The van der Waals surface area contributed by atoms with Crippen molar-refractivity contribution in [3.8, 4) is 0 Å². The molecule has 0 spiro atoms. The highest BCUT2D eigenvalue weighted by Crippen LogP contribution is 2.24. The van der Waals surface area contributed by atoms with Crippen LogP contribution in [0.15, 0.2) is 16.3 Å². The van der Waals surface area contributed by atoms with Crippen LogP contribution in [0.2, 0.25) is 0 Å². The Morgan fingerprint density at radius 1 is 1.36 bits per heavy atom. The summed E-state index contributed by atoms with van der Waals surface area (Å²) in [6.07, 6.45) is 3.29. The molecule has 0 N–H and O–H groups in total. The number of hydrogen-bond donors (Lipinski definition) is 0. The maximum Gasteiger partial charge on any atom is 0.0598 e. The summed E-state index contributed by atoms with van der Waals surface area (Å²) in [4.78, 5) is 1.49. The third kappa shape index (κ3) is 3.82. The Morgan fingerprint density at radius 3 is 2.27 bits per heavy atom. The van der Waals surface area contributed by atoms with Crippen molar-refractivity contribution in [3.63, 3.8) is 0 Å². The molecule has 11 heavy (non-hydrogen) atoms. The highest BCUT2D eigenvalue weighted by molar-refractivity contribution is 8.00. The summed E-state index contributed by atoms with van der Waals surface area (Å²) >= 11 is 3.72. The van der Waals surface area contributed by atoms with Crippen LogP contribution in [0.25, 0.3) is 0 Å². The SMILES string of the molecule is CC.CCc1ccc(SC)s1. The Balaban J connectivity index is 0.000000461. The molecule has 0 unspecified atom stereocenters. The van der Waals surface area contributed by atoms with Gasteiger partial charge in [0.1, 0.15) is 0 Å². The topological polar surface area (TPSA) is 0 Å². The van der Waals surface area contributed by atoms with Crippen molar-refractivity contribution in [2.45, 2.75) is 31.4 Å². The van der Waals surface area contributed by atoms with Gasteiger partial charge in [-0.15, -0.1) is 23.1 Å². The lowest BCUT2D eigenvalue weighted by molar-refractivity contribution is 1.19. The summed E-state index contributed by atoms with van der Waals surface area (Å²) in [5.74, 6) is 0. The average molecular weight is 188 g/mol. The van der Waals surface area contributed by atoms with Crippen molar-refractivity contribution in [3.05, 3.63) is 17.0 Å². The van der Waals surface area contributed by atoms with Crippen LogP contribution in [-0.4, -0.2) is 6.26 Å². The van der Waals surface area contributed by atoms with Crippen molar-refractivity contribution in [1.82, 2.24) is 0 Å². The van der Waals surface area contributed by atoms with Crippen LogP contribution >= 0.6 is 23.1 Å². The first-order valence-corrected chi connectivity index (χ1v) is 6.03. The molecule has 2 heteroatoms. The van der Waals surface area contributed by atoms with E-state index in [1.165, 1.54) is 15.5 Å². The van der Waals surface area contributed by atoms with Crippen LogP contribution in [0, 0.1) is 0 Å². The zero-order valence-corrected chi connectivity index (χ0v) is 9.31. The second kappa shape index (κ2) is 6.74. The Kier molecular flexibility index (Phi) is 6.77. The van der Waals surface area contributed by atoms with E-state index in [1.807, 2.05) is 36.9 Å². The van der Waals surface area contributed by atoms with E-state index in [1.54, 1.807) is 0 Å². The molecule has 1 heterocycles. The van der Waals surface area contributed by atoms with Crippen molar-refractivity contribution in [1.29, 1.82) is 0 Å². The lowest BCUT2D eigenvalue weighted by atomic mass is 10.4. The van der Waals surface area contributed by atoms with Gasteiger partial charge in [0.05, 0.1) is 4.21 Å². The zero-order valence-electron chi connectivity index (χ0n) is 7.68. The average Bonchev–Trinajstić information content (AvgIpc) is 2.55. The highest BCUT2D eigenvalue weighted by atomic mass is 32.2. The van der Waals surface area contributed by atoms with Gasteiger partial charge in [0.2, 0.25) is 0 Å². The number of thiophene rings is 1. The fraction of sp³-hybridized carbons (Fsp3) is 0.556. The van der Waals surface area contributed by atoms with Gasteiger partial charge < -0.3 is 0 Å². The van der Waals surface area contributed by atoms with E-state index < -0.39 is 0 Å². The summed E-state index contributed by atoms with van der Waals surface area (Å²) in [6, 6.07) is 4.39. The molecule has 1 rings (SSSR count). The zero-order chi connectivity index (χ0) is 8.69. The number of thioether (sulfide) groups is 1. The van der Waals surface area contributed by atoms with Crippen LogP contribution in [0.4, 0.5) is 0 Å². The van der Waals surface area contributed by atoms with Crippen molar-refractivity contribution >= 4 is 23.1 Å². The summed E-state index contributed by atoms with van der Waals surface area (Å²) in [5, 5.41) is 0. The molecule has 0 fully saturated rings. The van der Waals surface area contributed by atoms with Crippen molar-refractivity contribution in [2.75, 3.05) is 6.26 Å². The van der Waals surface area contributed by atoms with Gasteiger partial charge in [0.15, 0.2) is 0 Å². The first-order valence-electron chi connectivity index (χ1n) is 3.99. The van der Waals surface area contributed by atoms with Gasteiger partial charge in [-0.2, -0.15) is 0 Å². The van der Waals surface area contributed by atoms with Crippen molar-refractivity contribution < 1.29 is 0 Å². The molecule has 0 bridgehead atoms. The van der Waals surface area contributed by atoms with Crippen molar-refractivity contribution in [2.24, 2.45) is 0 Å². The quantitative estimate of drug-likeness (QED) is 0.631. The number of rotatable bonds is 2. The molecule has 64 valence electrons. The molecular formula is C9H16S2. The van der Waals surface area contributed by atoms with Crippen LogP contribution < -0.4 is 0 Å². The molecule has 0 amide bonds. The lowest BCUT2D eigenvalue weighted by Crippen LogP contribution is -1.63. The van der Waals surface area contributed by atoms with Gasteiger partial charge in [0, 0.05) is 4.88 Å². The van der Waals surface area contributed by atoms with E-state index in [4.69, 9.17) is 0 Å². The molecule has 0 saturated carbocycles. The maximum atomic E-state index is 2.20. The summed E-state index contributed by atoms with van der Waals surface area (Å²) in [6.45, 7) is 6.19. The Labute approximate surface area is 78.0 Å². The minimum absolute atomic E-state index is 1.17. The summed E-state index contributed by atoms with van der Waals surface area (Å²) < 4.78 is 1.42. The Hall–Kier alpha value is 0.0500. The molecule has 0 atom stereocenters. The largest absolute Gasteiger partial charge is 0.134 e. The monoisotopic (exact) mass is 188 g/mol. The molecule has 0 aliphatic heterocycles. The van der Waals surface area contributed by atoms with Crippen LogP contribution in [0.1, 0.15) is 25.6 Å². The Morgan fingerprint density at radius 2 is 2.00 bits per heavy atom. The Bertz CT molecular complexity index is 161. The fourth-order valence-corrected chi connectivity index (χ4v) is 2.19. The minimum atomic E-state index is 1.17. The highest BCUT2D eigenvalue weighted by Gasteiger charge is 1.93. The second-order valence-corrected chi connectivity index (χ2v) is 4.05. The number of hydrogen-bond acceptors (Lipinski definition) is 2. The third-order valence-corrected chi connectivity index (χ3v) is 3.50. The van der Waals surface area contributed by atoms with Gasteiger partial charge in [-0.25, -0.2) is 0 Å². The summed E-state index contributed by atoms with van der Waals surface area (Å²) in [5.41, 5.74) is 0. The van der Waals surface area contributed by atoms with Gasteiger partial charge in [-0.1, -0.05) is 20.8 Å². The molecule has 0 nitrogen and oxygen atoms in total. The fourth-order valence-electron chi connectivity index (χ4n) is 0.658. The molecule has 0 saturated heterocycles. The molecular weight excluding hydrogens is 172 g/mol. The number of aryl methyl sites for hydroxylation is 1. The summed E-state index contributed by atoms with van der Waals surface area (Å²) in [7, 11) is 0. The van der Waals surface area contributed by atoms with Crippen LogP contribution in [0.5, 0.6) is 0 Å². The first-order chi connectivity index (χ1) is 5.36. The second-order valence-electron chi connectivity index (χ2n) is 1.78. The molecule has 0 radical (unpaired) electrons. The third-order valence-electron chi connectivity index (χ3n) is 1.19. The standard InChI is InChI=1S/C7H10S2.C2H6/c1-3-6-4-5-7(8-2)9-6;1-2/h4-5H,3H2,1-2H3;1-2H3. The molecule has 0 aromatic carbocycles. The van der Waals surface area contributed by atoms with E-state index in [9.17, 15) is 0 Å². The van der Waals surface area contributed by atoms with Gasteiger partial charge in [0.25, 0.3) is 0 Å². The molecule has 1 aromatic rings. The van der Waals surface area contributed by atoms with E-state index in [0.717, 1.165) is 0 Å². The van der Waals surface area contributed by atoms with E-state index >= 15 is 0 Å². The molecule has 0 aliphatic rings. The predicted octanol–water partition coefficient (Wildman–Crippen LogP) is 4.06. The van der Waals surface area contributed by atoms with Gasteiger partial charge >= 0.3 is 0 Å². The smallest absolute Gasteiger partial charge is 0.0598 e. The van der Waals surface area contributed by atoms with E-state index in [-0.39, 0.29) is 0 Å². The predicted molar refractivity (Wildman–Crippen MR) is 56.8 cm³/mol. The lowest BCUT2D eigenvalue weighted by Gasteiger charge is -1.83. The van der Waals surface area contributed by atoms with Crippen LogP contribution in [-0.2, 0) is 6.42 Å².